The van der Waals surface area contributed by atoms with Crippen LogP contribution >= 0.6 is 15.9 Å². The van der Waals surface area contributed by atoms with Crippen molar-refractivity contribution in [1.29, 1.82) is 0 Å². The fourth-order valence-corrected chi connectivity index (χ4v) is 2.75. The van der Waals surface area contributed by atoms with Gasteiger partial charge in [0.2, 0.25) is 0 Å². The normalized spacial score (nSPS) is 12.0. The van der Waals surface area contributed by atoms with Crippen molar-refractivity contribution in [2.75, 3.05) is 0 Å². The summed E-state index contributed by atoms with van der Waals surface area (Å²) < 4.78 is 28.0. The van der Waals surface area contributed by atoms with Crippen LogP contribution in [-0.2, 0) is 0 Å². The van der Waals surface area contributed by atoms with E-state index in [0.717, 1.165) is 5.56 Å². The molecule has 5 heteroatoms. The minimum absolute atomic E-state index is 0.144. The molecule has 1 atom stereocenters. The third-order valence-corrected chi connectivity index (χ3v) is 3.81. The first-order chi connectivity index (χ1) is 9.90. The summed E-state index contributed by atoms with van der Waals surface area (Å²) in [7, 11) is 0. The summed E-state index contributed by atoms with van der Waals surface area (Å²) in [6.07, 6.45) is 0. The van der Waals surface area contributed by atoms with Crippen LogP contribution in [0.5, 0.6) is 0 Å². The fraction of sp³-hybridized carbons (Fsp3) is 0.188. The molecule has 0 saturated carbocycles. The van der Waals surface area contributed by atoms with E-state index in [1.807, 2.05) is 13.0 Å². The molecule has 110 valence electrons. The summed E-state index contributed by atoms with van der Waals surface area (Å²) in [4.78, 5) is 12.2. The summed E-state index contributed by atoms with van der Waals surface area (Å²) in [5.41, 5.74) is 1.28. The summed E-state index contributed by atoms with van der Waals surface area (Å²) in [6.45, 7) is 3.45. The second-order valence-corrected chi connectivity index (χ2v) is 5.67. The summed E-state index contributed by atoms with van der Waals surface area (Å²) in [5.74, 6) is -1.74. The van der Waals surface area contributed by atoms with Crippen molar-refractivity contribution in [1.82, 2.24) is 5.32 Å². The topological polar surface area (TPSA) is 29.1 Å². The molecule has 0 radical (unpaired) electrons. The van der Waals surface area contributed by atoms with E-state index in [4.69, 9.17) is 0 Å². The molecule has 0 saturated heterocycles. The van der Waals surface area contributed by atoms with Crippen LogP contribution < -0.4 is 5.32 Å². The highest BCUT2D eigenvalue weighted by molar-refractivity contribution is 9.10. The molecule has 2 aromatic carbocycles. The molecule has 0 aromatic heterocycles. The highest BCUT2D eigenvalue weighted by atomic mass is 79.9. The Kier molecular flexibility index (Phi) is 4.73. The molecule has 0 heterocycles. The SMILES string of the molecule is Cc1ccc(C(=O)NC(C)c2c(F)cccc2F)c(Br)c1. The average molecular weight is 354 g/mol. The Morgan fingerprint density at radius 1 is 1.19 bits per heavy atom. The zero-order valence-corrected chi connectivity index (χ0v) is 13.2. The van der Waals surface area contributed by atoms with Crippen molar-refractivity contribution in [3.8, 4) is 0 Å². The van der Waals surface area contributed by atoms with Gasteiger partial charge in [0.25, 0.3) is 5.91 Å². The van der Waals surface area contributed by atoms with Crippen LogP contribution in [0.2, 0.25) is 0 Å². The standard InChI is InChI=1S/C16H14BrF2NO/c1-9-6-7-11(12(17)8-9)16(21)20-10(2)15-13(18)4-3-5-14(15)19/h3-8,10H,1-2H3,(H,20,21). The van der Waals surface area contributed by atoms with Crippen LogP contribution in [0, 0.1) is 18.6 Å². The molecule has 1 N–H and O–H groups in total. The lowest BCUT2D eigenvalue weighted by molar-refractivity contribution is 0.0938. The van der Waals surface area contributed by atoms with Crippen LogP contribution in [0.3, 0.4) is 0 Å². The quantitative estimate of drug-likeness (QED) is 0.862. The van der Waals surface area contributed by atoms with E-state index in [9.17, 15) is 13.6 Å². The van der Waals surface area contributed by atoms with Gasteiger partial charge in [0.1, 0.15) is 11.6 Å². The number of nitrogens with one attached hydrogen (secondary N) is 1. The lowest BCUT2D eigenvalue weighted by Crippen LogP contribution is -2.28. The third kappa shape index (κ3) is 3.47. The monoisotopic (exact) mass is 353 g/mol. The van der Waals surface area contributed by atoms with Gasteiger partial charge in [-0.15, -0.1) is 0 Å². The average Bonchev–Trinajstić information content (AvgIpc) is 2.37. The van der Waals surface area contributed by atoms with E-state index >= 15 is 0 Å². The van der Waals surface area contributed by atoms with Crippen molar-refractivity contribution in [3.63, 3.8) is 0 Å². The lowest BCUT2D eigenvalue weighted by atomic mass is 10.1. The smallest absolute Gasteiger partial charge is 0.252 e. The highest BCUT2D eigenvalue weighted by Crippen LogP contribution is 2.23. The molecular formula is C16H14BrF2NO. The molecule has 0 aliphatic carbocycles. The minimum atomic E-state index is -0.771. The Hall–Kier alpha value is -1.75. The zero-order chi connectivity index (χ0) is 15.6. The van der Waals surface area contributed by atoms with E-state index in [2.05, 4.69) is 21.2 Å². The van der Waals surface area contributed by atoms with Gasteiger partial charge in [-0.25, -0.2) is 8.78 Å². The van der Waals surface area contributed by atoms with Gasteiger partial charge in [0.15, 0.2) is 0 Å². The minimum Gasteiger partial charge on any atom is -0.345 e. The molecule has 21 heavy (non-hydrogen) atoms. The van der Waals surface area contributed by atoms with Crippen LogP contribution in [-0.4, -0.2) is 5.91 Å². The van der Waals surface area contributed by atoms with Gasteiger partial charge in [-0.2, -0.15) is 0 Å². The molecule has 0 aliphatic rings. The van der Waals surface area contributed by atoms with Gasteiger partial charge in [-0.05, 0) is 59.6 Å². The first-order valence-electron chi connectivity index (χ1n) is 6.41. The summed E-state index contributed by atoms with van der Waals surface area (Å²) in [6, 6.07) is 8.13. The summed E-state index contributed by atoms with van der Waals surface area (Å²) in [5, 5.41) is 2.61. The van der Waals surface area contributed by atoms with Crippen LogP contribution in [0.15, 0.2) is 40.9 Å². The van der Waals surface area contributed by atoms with Crippen molar-refractivity contribution < 1.29 is 13.6 Å². The molecule has 2 rings (SSSR count). The molecule has 0 spiro atoms. The van der Waals surface area contributed by atoms with Gasteiger partial charge in [-0.1, -0.05) is 12.1 Å². The number of rotatable bonds is 3. The van der Waals surface area contributed by atoms with E-state index in [1.54, 1.807) is 19.1 Å². The number of carbonyl (C=O) groups is 1. The number of carbonyl (C=O) groups excluding carboxylic acids is 1. The Bertz CT molecular complexity index is 668. The molecule has 1 unspecified atom stereocenters. The van der Waals surface area contributed by atoms with Gasteiger partial charge in [0.05, 0.1) is 11.6 Å². The maximum Gasteiger partial charge on any atom is 0.252 e. The van der Waals surface area contributed by atoms with Gasteiger partial charge in [0, 0.05) is 10.0 Å². The van der Waals surface area contributed by atoms with Crippen molar-refractivity contribution in [2.45, 2.75) is 19.9 Å². The number of hydrogen-bond donors (Lipinski definition) is 1. The van der Waals surface area contributed by atoms with Gasteiger partial charge >= 0.3 is 0 Å². The number of halogens is 3. The maximum atomic E-state index is 13.7. The Morgan fingerprint density at radius 2 is 1.81 bits per heavy atom. The summed E-state index contributed by atoms with van der Waals surface area (Å²) >= 11 is 3.31. The Morgan fingerprint density at radius 3 is 2.38 bits per heavy atom. The molecule has 0 bridgehead atoms. The number of benzene rings is 2. The first-order valence-corrected chi connectivity index (χ1v) is 7.20. The molecule has 1 amide bonds. The van der Waals surface area contributed by atoms with Crippen molar-refractivity contribution >= 4 is 21.8 Å². The van der Waals surface area contributed by atoms with Gasteiger partial charge < -0.3 is 5.32 Å². The van der Waals surface area contributed by atoms with Crippen molar-refractivity contribution in [3.05, 3.63) is 69.2 Å². The molecule has 2 aromatic rings. The van der Waals surface area contributed by atoms with E-state index in [-0.39, 0.29) is 5.56 Å². The van der Waals surface area contributed by atoms with E-state index in [0.29, 0.717) is 10.0 Å². The predicted octanol–water partition coefficient (Wildman–Crippen LogP) is 4.53. The van der Waals surface area contributed by atoms with Crippen LogP contribution in [0.4, 0.5) is 8.78 Å². The zero-order valence-electron chi connectivity index (χ0n) is 11.6. The van der Waals surface area contributed by atoms with Gasteiger partial charge in [-0.3, -0.25) is 4.79 Å². The second-order valence-electron chi connectivity index (χ2n) is 4.81. The lowest BCUT2D eigenvalue weighted by Gasteiger charge is -2.16. The van der Waals surface area contributed by atoms with Crippen LogP contribution in [0.25, 0.3) is 0 Å². The molecule has 0 aliphatic heterocycles. The van der Waals surface area contributed by atoms with E-state index in [1.165, 1.54) is 18.2 Å². The molecule has 0 fully saturated rings. The van der Waals surface area contributed by atoms with Crippen molar-refractivity contribution in [2.24, 2.45) is 0 Å². The first kappa shape index (κ1) is 15.6. The third-order valence-electron chi connectivity index (χ3n) is 3.15. The second kappa shape index (κ2) is 6.35. The number of amides is 1. The maximum absolute atomic E-state index is 13.7. The van der Waals surface area contributed by atoms with Crippen LogP contribution in [0.1, 0.15) is 34.5 Å². The Labute approximate surface area is 130 Å². The largest absolute Gasteiger partial charge is 0.345 e. The van der Waals surface area contributed by atoms with E-state index < -0.39 is 23.6 Å². The Balaban J connectivity index is 2.23. The number of hydrogen-bond acceptors (Lipinski definition) is 1. The predicted molar refractivity (Wildman–Crippen MR) is 81.1 cm³/mol. The highest BCUT2D eigenvalue weighted by Gasteiger charge is 2.19. The molecule has 2 nitrogen and oxygen atoms in total. The fourth-order valence-electron chi connectivity index (χ4n) is 2.08. The molecular weight excluding hydrogens is 340 g/mol. The number of aryl methyl sites for hydroxylation is 1.